The maximum absolute atomic E-state index is 12.6. The van der Waals surface area contributed by atoms with Crippen LogP contribution in [0.5, 0.6) is 0 Å². The predicted molar refractivity (Wildman–Crippen MR) is 80.0 cm³/mol. The molecule has 22 heavy (non-hydrogen) atoms. The van der Waals surface area contributed by atoms with Gasteiger partial charge in [0, 0.05) is 18.3 Å². The summed E-state index contributed by atoms with van der Waals surface area (Å²) in [5, 5.41) is 13.6. The number of carboxylic acids is 1. The van der Waals surface area contributed by atoms with E-state index in [1.165, 1.54) is 4.90 Å². The molecular formula is C16H17N3O3. The van der Waals surface area contributed by atoms with Gasteiger partial charge in [-0.15, -0.1) is 0 Å². The number of nitrogens with zero attached hydrogens (tertiary/aromatic N) is 3. The summed E-state index contributed by atoms with van der Waals surface area (Å²) < 4.78 is 1.65. The summed E-state index contributed by atoms with van der Waals surface area (Å²) in [6.07, 6.45) is 3.00. The quantitative estimate of drug-likeness (QED) is 0.938. The lowest BCUT2D eigenvalue weighted by atomic mass is 10.2. The molecule has 3 rings (SSSR count). The van der Waals surface area contributed by atoms with Crippen molar-refractivity contribution in [3.05, 3.63) is 47.8 Å². The van der Waals surface area contributed by atoms with Crippen LogP contribution in [0.4, 0.5) is 0 Å². The minimum absolute atomic E-state index is 0.308. The molecule has 0 radical (unpaired) electrons. The smallest absolute Gasteiger partial charge is 0.326 e. The Hall–Kier alpha value is -2.63. The van der Waals surface area contributed by atoms with Crippen molar-refractivity contribution in [2.24, 2.45) is 0 Å². The van der Waals surface area contributed by atoms with Gasteiger partial charge in [0.2, 0.25) is 0 Å². The molecule has 6 heteroatoms. The highest BCUT2D eigenvalue weighted by Gasteiger charge is 2.35. The van der Waals surface area contributed by atoms with Gasteiger partial charge in [0.15, 0.2) is 5.69 Å². The van der Waals surface area contributed by atoms with E-state index in [4.69, 9.17) is 0 Å². The maximum Gasteiger partial charge on any atom is 0.326 e. The summed E-state index contributed by atoms with van der Waals surface area (Å²) in [6, 6.07) is 8.76. The molecule has 1 atom stereocenters. The molecule has 1 fully saturated rings. The number of likely N-dealkylation sites (tertiary alicyclic amines) is 1. The predicted octanol–water partition coefficient (Wildman–Crippen LogP) is 1.87. The van der Waals surface area contributed by atoms with Crippen LogP contribution >= 0.6 is 0 Å². The normalized spacial score (nSPS) is 17.7. The zero-order chi connectivity index (χ0) is 15.7. The third-order valence-corrected chi connectivity index (χ3v) is 3.92. The Balaban J connectivity index is 1.91. The van der Waals surface area contributed by atoms with Gasteiger partial charge < -0.3 is 10.0 Å². The first-order valence-electron chi connectivity index (χ1n) is 7.23. The number of hydrogen-bond acceptors (Lipinski definition) is 3. The summed E-state index contributed by atoms with van der Waals surface area (Å²) in [7, 11) is 0. The molecule has 0 bridgehead atoms. The fraction of sp³-hybridized carbons (Fsp3) is 0.312. The zero-order valence-corrected chi connectivity index (χ0v) is 12.3. The third kappa shape index (κ3) is 2.47. The van der Waals surface area contributed by atoms with Gasteiger partial charge in [-0.1, -0.05) is 18.2 Å². The van der Waals surface area contributed by atoms with E-state index in [-0.39, 0.29) is 5.91 Å². The molecule has 6 nitrogen and oxygen atoms in total. The molecule has 1 N–H and O–H groups in total. The number of rotatable bonds is 3. The topological polar surface area (TPSA) is 75.4 Å². The number of carbonyl (C=O) groups excluding carboxylic acids is 1. The van der Waals surface area contributed by atoms with Crippen molar-refractivity contribution in [1.29, 1.82) is 0 Å². The fourth-order valence-corrected chi connectivity index (χ4v) is 2.79. The molecule has 2 aromatic rings. The first-order valence-corrected chi connectivity index (χ1v) is 7.23. The van der Waals surface area contributed by atoms with Crippen LogP contribution in [0.25, 0.3) is 5.69 Å². The number of carboxylic acid groups (broad SMARTS) is 1. The first kappa shape index (κ1) is 14.3. The number of aliphatic carboxylic acids is 1. The summed E-state index contributed by atoms with van der Waals surface area (Å²) in [6.45, 7) is 2.28. The van der Waals surface area contributed by atoms with Gasteiger partial charge in [0.25, 0.3) is 5.91 Å². The molecule has 0 saturated carbocycles. The van der Waals surface area contributed by atoms with Crippen molar-refractivity contribution in [2.75, 3.05) is 6.54 Å². The minimum atomic E-state index is -0.953. The fourth-order valence-electron chi connectivity index (χ4n) is 2.79. The van der Waals surface area contributed by atoms with Gasteiger partial charge in [0.1, 0.15) is 6.04 Å². The minimum Gasteiger partial charge on any atom is -0.480 e. The molecule has 1 amide bonds. The van der Waals surface area contributed by atoms with Gasteiger partial charge in [-0.2, -0.15) is 5.10 Å². The van der Waals surface area contributed by atoms with E-state index in [9.17, 15) is 14.7 Å². The van der Waals surface area contributed by atoms with E-state index in [1.54, 1.807) is 10.9 Å². The second-order valence-electron chi connectivity index (χ2n) is 5.44. The van der Waals surface area contributed by atoms with Gasteiger partial charge >= 0.3 is 5.97 Å². The second kappa shape index (κ2) is 5.63. The van der Waals surface area contributed by atoms with Gasteiger partial charge in [0.05, 0.1) is 5.69 Å². The van der Waals surface area contributed by atoms with Gasteiger partial charge in [-0.25, -0.2) is 9.48 Å². The van der Waals surface area contributed by atoms with Crippen LogP contribution in [-0.2, 0) is 4.79 Å². The molecule has 0 aliphatic carbocycles. The van der Waals surface area contributed by atoms with Crippen molar-refractivity contribution in [3.8, 4) is 5.69 Å². The third-order valence-electron chi connectivity index (χ3n) is 3.92. The summed E-state index contributed by atoms with van der Waals surface area (Å²) in [4.78, 5) is 25.3. The summed E-state index contributed by atoms with van der Waals surface area (Å²) >= 11 is 0. The zero-order valence-electron chi connectivity index (χ0n) is 12.3. The van der Waals surface area contributed by atoms with E-state index >= 15 is 0 Å². The lowest BCUT2D eigenvalue weighted by Crippen LogP contribution is -2.40. The number of para-hydroxylation sites is 1. The highest BCUT2D eigenvalue weighted by Crippen LogP contribution is 2.21. The highest BCUT2D eigenvalue weighted by atomic mass is 16.4. The summed E-state index contributed by atoms with van der Waals surface area (Å²) in [5.74, 6) is -1.26. The molecule has 0 spiro atoms. The van der Waals surface area contributed by atoms with E-state index in [2.05, 4.69) is 5.10 Å². The van der Waals surface area contributed by atoms with E-state index in [0.717, 1.165) is 11.3 Å². The van der Waals surface area contributed by atoms with Crippen LogP contribution in [0.1, 0.15) is 28.9 Å². The molecule has 1 saturated heterocycles. The molecular weight excluding hydrogens is 282 g/mol. The SMILES string of the molecule is Cc1cn(-c2ccccc2)nc1C(=O)N1CCCC1C(=O)O. The Bertz CT molecular complexity index is 709. The Morgan fingerprint density at radius 1 is 1.27 bits per heavy atom. The number of carbonyl (C=O) groups is 2. The largest absolute Gasteiger partial charge is 0.480 e. The van der Waals surface area contributed by atoms with Crippen molar-refractivity contribution < 1.29 is 14.7 Å². The number of hydrogen-bond donors (Lipinski definition) is 1. The number of aromatic nitrogens is 2. The van der Waals surface area contributed by atoms with Gasteiger partial charge in [-0.05, 0) is 31.9 Å². The maximum atomic E-state index is 12.6. The average Bonchev–Trinajstić information content (AvgIpc) is 3.14. The lowest BCUT2D eigenvalue weighted by molar-refractivity contribution is -0.141. The Labute approximate surface area is 128 Å². The molecule has 1 unspecified atom stereocenters. The Morgan fingerprint density at radius 3 is 2.68 bits per heavy atom. The van der Waals surface area contributed by atoms with Crippen LogP contribution in [0.2, 0.25) is 0 Å². The lowest BCUT2D eigenvalue weighted by Gasteiger charge is -2.20. The summed E-state index contributed by atoms with van der Waals surface area (Å²) in [5.41, 5.74) is 1.92. The highest BCUT2D eigenvalue weighted by molar-refractivity contribution is 5.96. The second-order valence-corrected chi connectivity index (χ2v) is 5.44. The monoisotopic (exact) mass is 299 g/mol. The Kier molecular flexibility index (Phi) is 3.66. The molecule has 1 aromatic carbocycles. The van der Waals surface area contributed by atoms with Crippen LogP contribution in [0.15, 0.2) is 36.5 Å². The Morgan fingerprint density at radius 2 is 2.00 bits per heavy atom. The van der Waals surface area contributed by atoms with Crippen molar-refractivity contribution >= 4 is 11.9 Å². The standard InChI is InChI=1S/C16H17N3O3/c1-11-10-19(12-6-3-2-4-7-12)17-14(11)15(20)18-9-5-8-13(18)16(21)22/h2-4,6-7,10,13H,5,8-9H2,1H3,(H,21,22). The van der Waals surface area contributed by atoms with Crippen molar-refractivity contribution in [2.45, 2.75) is 25.8 Å². The van der Waals surface area contributed by atoms with E-state index in [1.807, 2.05) is 37.3 Å². The molecule has 2 heterocycles. The van der Waals surface area contributed by atoms with Gasteiger partial charge in [-0.3, -0.25) is 4.79 Å². The van der Waals surface area contributed by atoms with E-state index < -0.39 is 12.0 Å². The molecule has 1 aliphatic rings. The van der Waals surface area contributed by atoms with Crippen molar-refractivity contribution in [3.63, 3.8) is 0 Å². The number of amides is 1. The van der Waals surface area contributed by atoms with Crippen LogP contribution in [0.3, 0.4) is 0 Å². The number of benzene rings is 1. The molecule has 1 aliphatic heterocycles. The van der Waals surface area contributed by atoms with Crippen LogP contribution in [0, 0.1) is 6.92 Å². The van der Waals surface area contributed by atoms with Crippen LogP contribution in [-0.4, -0.2) is 44.3 Å². The number of aryl methyl sites for hydroxylation is 1. The van der Waals surface area contributed by atoms with E-state index in [0.29, 0.717) is 25.1 Å². The van der Waals surface area contributed by atoms with Crippen LogP contribution < -0.4 is 0 Å². The first-order chi connectivity index (χ1) is 10.6. The average molecular weight is 299 g/mol. The van der Waals surface area contributed by atoms with Crippen molar-refractivity contribution in [1.82, 2.24) is 14.7 Å². The molecule has 114 valence electrons. The molecule has 1 aromatic heterocycles.